The summed E-state index contributed by atoms with van der Waals surface area (Å²) in [4.78, 5) is 40.2. The van der Waals surface area contributed by atoms with Gasteiger partial charge in [0.15, 0.2) is 6.10 Å². The van der Waals surface area contributed by atoms with Gasteiger partial charge in [-0.05, 0) is 56.5 Å². The van der Waals surface area contributed by atoms with Gasteiger partial charge in [0, 0.05) is 17.8 Å². The lowest BCUT2D eigenvalue weighted by Gasteiger charge is -2.32. The summed E-state index contributed by atoms with van der Waals surface area (Å²) in [7, 11) is 1.57. The Morgan fingerprint density at radius 3 is 2.57 bits per heavy atom. The van der Waals surface area contributed by atoms with E-state index in [9.17, 15) is 19.5 Å². The molecule has 2 aromatic carbocycles. The summed E-state index contributed by atoms with van der Waals surface area (Å²) < 4.78 is 4.64. The van der Waals surface area contributed by atoms with E-state index in [4.69, 9.17) is 4.74 Å². The molecule has 0 spiro atoms. The van der Waals surface area contributed by atoms with E-state index >= 15 is 0 Å². The number of amides is 4. The molecule has 200 valence electrons. The first-order chi connectivity index (χ1) is 17.5. The molecule has 10 heteroatoms. The lowest BCUT2D eigenvalue weighted by atomic mass is 9.99. The number of nitrogens with one attached hydrogen (secondary N) is 3. The van der Waals surface area contributed by atoms with Crippen LogP contribution in [0.3, 0.4) is 0 Å². The zero-order valence-corrected chi connectivity index (χ0v) is 22.7. The van der Waals surface area contributed by atoms with Crippen LogP contribution in [0.2, 0.25) is 0 Å². The lowest BCUT2D eigenvalue weighted by molar-refractivity contribution is -0.147. The van der Waals surface area contributed by atoms with Gasteiger partial charge in [0.25, 0.3) is 5.91 Å². The molecule has 4 amide bonds. The number of carbonyl (C=O) groups is 3. The highest BCUT2D eigenvalue weighted by Gasteiger charge is 2.49. The fourth-order valence-corrected chi connectivity index (χ4v) is 5.33. The van der Waals surface area contributed by atoms with Gasteiger partial charge < -0.3 is 30.7 Å². The van der Waals surface area contributed by atoms with Crippen molar-refractivity contribution in [2.75, 3.05) is 13.0 Å². The predicted octanol–water partition coefficient (Wildman–Crippen LogP) is 2.55. The number of nitrogens with zero attached hydrogens (tertiary/aromatic N) is 1. The minimum absolute atomic E-state index is 0.250. The number of hydrogen-bond acceptors (Lipinski definition) is 6. The molecule has 1 saturated heterocycles. The van der Waals surface area contributed by atoms with Crippen LogP contribution in [-0.4, -0.2) is 63.8 Å². The van der Waals surface area contributed by atoms with Gasteiger partial charge in [0.05, 0.1) is 19.0 Å². The van der Waals surface area contributed by atoms with Crippen molar-refractivity contribution < 1.29 is 24.2 Å². The number of methoxy groups -OCH3 is 1. The maximum Gasteiger partial charge on any atom is 0.315 e. The fraction of sp³-hybridized carbons (Fsp3) is 0.444. The van der Waals surface area contributed by atoms with Crippen molar-refractivity contribution in [3.8, 4) is 5.75 Å². The summed E-state index contributed by atoms with van der Waals surface area (Å²) >= 11 is 1.47. The molecular weight excluding hydrogens is 492 g/mol. The van der Waals surface area contributed by atoms with Gasteiger partial charge in [-0.2, -0.15) is 0 Å². The molecule has 37 heavy (non-hydrogen) atoms. The highest BCUT2D eigenvalue weighted by atomic mass is 32.2. The van der Waals surface area contributed by atoms with Crippen LogP contribution >= 0.6 is 11.8 Å². The van der Waals surface area contributed by atoms with Crippen LogP contribution in [-0.2, 0) is 22.7 Å². The molecule has 0 aromatic heterocycles. The molecule has 1 heterocycles. The number of rotatable bonds is 9. The second-order valence-electron chi connectivity index (χ2n) is 9.64. The summed E-state index contributed by atoms with van der Waals surface area (Å²) in [6, 6.07) is 12.9. The molecule has 3 atom stereocenters. The van der Waals surface area contributed by atoms with Gasteiger partial charge in [-0.1, -0.05) is 36.4 Å². The Labute approximate surface area is 222 Å². The van der Waals surface area contributed by atoms with Crippen molar-refractivity contribution in [1.29, 1.82) is 0 Å². The second kappa shape index (κ2) is 12.3. The summed E-state index contributed by atoms with van der Waals surface area (Å²) in [6.45, 7) is 7.93. The minimum atomic E-state index is -1.51. The number of benzene rings is 2. The van der Waals surface area contributed by atoms with Gasteiger partial charge in [0.1, 0.15) is 11.8 Å². The third-order valence-electron chi connectivity index (χ3n) is 6.46. The Kier molecular flexibility index (Phi) is 9.45. The van der Waals surface area contributed by atoms with Gasteiger partial charge in [-0.25, -0.2) is 4.79 Å². The number of thioether (sulfide) groups is 1. The molecule has 0 bridgehead atoms. The standard InChI is InChI=1S/C27H36N4O5S/c1-17-9-6-7-11-20(17)15-28-24(33)23-27(3,4)37-16-31(23)25(34)22(32)18(2)30-26(35)29-14-19-10-8-12-21(13-19)36-5/h6-13,18,22-23,32H,14-16H2,1-5H3,(H,28,33)(H2,29,30,35)/t18-,22-,23+/m0/s1. The molecule has 2 aromatic rings. The van der Waals surface area contributed by atoms with Gasteiger partial charge in [-0.15, -0.1) is 11.8 Å². The number of ether oxygens (including phenoxy) is 1. The lowest BCUT2D eigenvalue weighted by Crippen LogP contribution is -2.58. The van der Waals surface area contributed by atoms with E-state index in [-0.39, 0.29) is 18.3 Å². The Bertz CT molecular complexity index is 1130. The number of aryl methyl sites for hydroxylation is 1. The second-order valence-corrected chi connectivity index (χ2v) is 11.2. The summed E-state index contributed by atoms with van der Waals surface area (Å²) in [5.74, 6) is 0.0586. The molecular formula is C27H36N4O5S. The Morgan fingerprint density at radius 2 is 1.86 bits per heavy atom. The normalized spacial score (nSPS) is 18.0. The number of aliphatic hydroxyl groups excluding tert-OH is 1. The third kappa shape index (κ3) is 7.17. The molecule has 0 saturated carbocycles. The van der Waals surface area contributed by atoms with Crippen molar-refractivity contribution in [1.82, 2.24) is 20.9 Å². The van der Waals surface area contributed by atoms with E-state index in [1.807, 2.05) is 63.2 Å². The molecule has 0 radical (unpaired) electrons. The van der Waals surface area contributed by atoms with Crippen LogP contribution in [0.5, 0.6) is 5.75 Å². The van der Waals surface area contributed by atoms with Crippen molar-refractivity contribution in [3.05, 3.63) is 65.2 Å². The molecule has 0 unspecified atom stereocenters. The van der Waals surface area contributed by atoms with Gasteiger partial charge in [0.2, 0.25) is 5.91 Å². The van der Waals surface area contributed by atoms with E-state index in [2.05, 4.69) is 16.0 Å². The molecule has 9 nitrogen and oxygen atoms in total. The van der Waals surface area contributed by atoms with Crippen LogP contribution in [0.1, 0.15) is 37.5 Å². The van der Waals surface area contributed by atoms with E-state index < -0.39 is 34.9 Å². The Morgan fingerprint density at radius 1 is 1.14 bits per heavy atom. The maximum atomic E-state index is 13.2. The summed E-state index contributed by atoms with van der Waals surface area (Å²) in [5.41, 5.74) is 2.90. The van der Waals surface area contributed by atoms with Crippen molar-refractivity contribution in [3.63, 3.8) is 0 Å². The van der Waals surface area contributed by atoms with Crippen molar-refractivity contribution in [2.24, 2.45) is 0 Å². The minimum Gasteiger partial charge on any atom is -0.497 e. The SMILES string of the molecule is COc1cccc(CNC(=O)N[C@@H](C)[C@H](O)C(=O)N2CSC(C)(C)[C@H]2C(=O)NCc2ccccc2C)c1. The van der Waals surface area contributed by atoms with Crippen LogP contribution in [0.25, 0.3) is 0 Å². The largest absolute Gasteiger partial charge is 0.497 e. The van der Waals surface area contributed by atoms with Crippen LogP contribution < -0.4 is 20.7 Å². The summed E-state index contributed by atoms with van der Waals surface area (Å²) in [6.07, 6.45) is -1.51. The Balaban J connectivity index is 1.58. The first-order valence-electron chi connectivity index (χ1n) is 12.2. The van der Waals surface area contributed by atoms with Gasteiger partial charge in [-0.3, -0.25) is 9.59 Å². The Hall–Kier alpha value is -3.24. The quantitative estimate of drug-likeness (QED) is 0.397. The number of carbonyl (C=O) groups excluding carboxylic acids is 3. The van der Waals surface area contributed by atoms with Crippen molar-refractivity contribution >= 4 is 29.6 Å². The highest BCUT2D eigenvalue weighted by Crippen LogP contribution is 2.39. The predicted molar refractivity (Wildman–Crippen MR) is 144 cm³/mol. The van der Waals surface area contributed by atoms with E-state index in [1.54, 1.807) is 20.1 Å². The summed E-state index contributed by atoms with van der Waals surface area (Å²) in [5, 5.41) is 19.0. The van der Waals surface area contributed by atoms with Crippen LogP contribution in [0.4, 0.5) is 4.79 Å². The number of aliphatic hydroxyl groups is 1. The maximum absolute atomic E-state index is 13.2. The first-order valence-corrected chi connectivity index (χ1v) is 13.1. The third-order valence-corrected chi connectivity index (χ3v) is 7.84. The molecule has 1 aliphatic rings. The number of urea groups is 1. The van der Waals surface area contributed by atoms with E-state index in [0.29, 0.717) is 12.3 Å². The molecule has 3 rings (SSSR count). The zero-order chi connectivity index (χ0) is 27.2. The monoisotopic (exact) mass is 528 g/mol. The topological polar surface area (TPSA) is 120 Å². The number of hydrogen-bond donors (Lipinski definition) is 4. The molecule has 4 N–H and O–H groups in total. The first kappa shape index (κ1) is 28.3. The zero-order valence-electron chi connectivity index (χ0n) is 21.9. The smallest absolute Gasteiger partial charge is 0.315 e. The van der Waals surface area contributed by atoms with Gasteiger partial charge >= 0.3 is 6.03 Å². The van der Waals surface area contributed by atoms with Crippen LogP contribution in [0.15, 0.2) is 48.5 Å². The highest BCUT2D eigenvalue weighted by molar-refractivity contribution is 8.00. The van der Waals surface area contributed by atoms with E-state index in [1.165, 1.54) is 16.7 Å². The van der Waals surface area contributed by atoms with Crippen molar-refractivity contribution in [2.45, 2.75) is 63.7 Å². The van der Waals surface area contributed by atoms with E-state index in [0.717, 1.165) is 16.7 Å². The average molecular weight is 529 g/mol. The molecule has 1 fully saturated rings. The molecule has 1 aliphatic heterocycles. The van der Waals surface area contributed by atoms with Crippen LogP contribution in [0, 0.1) is 6.92 Å². The fourth-order valence-electron chi connectivity index (χ4n) is 4.19. The average Bonchev–Trinajstić information content (AvgIpc) is 3.20. The molecule has 0 aliphatic carbocycles.